The Hall–Kier alpha value is -1.96. The molecule has 5 heteroatoms. The molecular formula is C17H19ClN2O2. The van der Waals surface area contributed by atoms with Crippen LogP contribution >= 0.6 is 11.6 Å². The number of terminal acetylenes is 1. The average molecular weight is 319 g/mol. The van der Waals surface area contributed by atoms with E-state index in [2.05, 4.69) is 10.9 Å². The van der Waals surface area contributed by atoms with E-state index >= 15 is 0 Å². The van der Waals surface area contributed by atoms with Gasteiger partial charge in [0.2, 0.25) is 0 Å². The van der Waals surface area contributed by atoms with Crippen molar-refractivity contribution in [3.63, 3.8) is 0 Å². The maximum atomic E-state index is 11.1. The number of ether oxygens (including phenoxy) is 1. The molecule has 116 valence electrons. The number of benzene rings is 1. The zero-order valence-electron chi connectivity index (χ0n) is 12.7. The van der Waals surface area contributed by atoms with Crippen LogP contribution in [0.25, 0.3) is 0 Å². The van der Waals surface area contributed by atoms with Crippen LogP contribution in [0.4, 0.5) is 0 Å². The number of rotatable bonds is 6. The van der Waals surface area contributed by atoms with Crippen LogP contribution in [0, 0.1) is 17.8 Å². The number of aliphatic hydroxyl groups is 1. The van der Waals surface area contributed by atoms with Gasteiger partial charge in [-0.1, -0.05) is 17.5 Å². The first-order chi connectivity index (χ1) is 10.4. The van der Waals surface area contributed by atoms with E-state index in [9.17, 15) is 5.11 Å². The third-order valence-corrected chi connectivity index (χ3v) is 4.07. The van der Waals surface area contributed by atoms with Gasteiger partial charge in [0, 0.05) is 17.4 Å². The van der Waals surface area contributed by atoms with E-state index in [-0.39, 0.29) is 13.2 Å². The molecule has 1 heterocycles. The molecular weight excluding hydrogens is 300 g/mol. The fraction of sp³-hybridized carbons (Fsp3) is 0.353. The van der Waals surface area contributed by atoms with Crippen LogP contribution in [-0.2, 0) is 6.54 Å². The van der Waals surface area contributed by atoms with E-state index in [1.54, 1.807) is 47.6 Å². The van der Waals surface area contributed by atoms with E-state index in [1.165, 1.54) is 0 Å². The fourth-order valence-corrected chi connectivity index (χ4v) is 2.10. The highest BCUT2D eigenvalue weighted by molar-refractivity contribution is 6.30. The summed E-state index contributed by atoms with van der Waals surface area (Å²) >= 11 is 5.85. The van der Waals surface area contributed by atoms with Crippen molar-refractivity contribution in [1.29, 1.82) is 0 Å². The number of hydrogen-bond donors (Lipinski definition) is 1. The Bertz CT molecular complexity index is 644. The van der Waals surface area contributed by atoms with E-state index < -0.39 is 11.0 Å². The molecule has 0 spiro atoms. The standard InChI is InChI=1S/C17H19ClN2O2/c1-4-16(2,3)17(21,11-20-10-9-19-13-20)12-22-15-7-5-14(18)6-8-15/h1,5-10,13,21H,11-12H2,2-3H3. The van der Waals surface area contributed by atoms with Gasteiger partial charge in [0.15, 0.2) is 0 Å². The lowest BCUT2D eigenvalue weighted by molar-refractivity contribution is -0.0828. The van der Waals surface area contributed by atoms with Crippen molar-refractivity contribution in [3.8, 4) is 18.1 Å². The highest BCUT2D eigenvalue weighted by Crippen LogP contribution is 2.33. The van der Waals surface area contributed by atoms with Crippen molar-refractivity contribution in [1.82, 2.24) is 9.55 Å². The van der Waals surface area contributed by atoms with Gasteiger partial charge in [-0.25, -0.2) is 4.98 Å². The lowest BCUT2D eigenvalue weighted by atomic mass is 9.75. The maximum Gasteiger partial charge on any atom is 0.132 e. The van der Waals surface area contributed by atoms with E-state index in [4.69, 9.17) is 22.8 Å². The Labute approximate surface area is 135 Å². The molecule has 0 saturated carbocycles. The minimum atomic E-state index is -1.25. The van der Waals surface area contributed by atoms with Crippen LogP contribution in [0.2, 0.25) is 5.02 Å². The number of hydrogen-bond acceptors (Lipinski definition) is 3. The van der Waals surface area contributed by atoms with Crippen LogP contribution in [0.1, 0.15) is 13.8 Å². The molecule has 1 aromatic carbocycles. The number of halogens is 1. The average Bonchev–Trinajstić information content (AvgIpc) is 2.99. The summed E-state index contributed by atoms with van der Waals surface area (Å²) in [7, 11) is 0. The summed E-state index contributed by atoms with van der Waals surface area (Å²) in [5.74, 6) is 3.28. The van der Waals surface area contributed by atoms with Crippen molar-refractivity contribution in [2.75, 3.05) is 6.61 Å². The van der Waals surface area contributed by atoms with Crippen molar-refractivity contribution < 1.29 is 9.84 Å². The van der Waals surface area contributed by atoms with Gasteiger partial charge < -0.3 is 14.4 Å². The lowest BCUT2D eigenvalue weighted by Crippen LogP contribution is -2.51. The van der Waals surface area contributed by atoms with Crippen LogP contribution in [0.15, 0.2) is 43.0 Å². The van der Waals surface area contributed by atoms with Gasteiger partial charge in [-0.3, -0.25) is 0 Å². The zero-order valence-corrected chi connectivity index (χ0v) is 13.4. The third-order valence-electron chi connectivity index (χ3n) is 3.82. The smallest absolute Gasteiger partial charge is 0.132 e. The largest absolute Gasteiger partial charge is 0.490 e. The molecule has 1 unspecified atom stereocenters. The van der Waals surface area contributed by atoms with Crippen LogP contribution < -0.4 is 4.74 Å². The van der Waals surface area contributed by atoms with Gasteiger partial charge in [-0.2, -0.15) is 0 Å². The van der Waals surface area contributed by atoms with Gasteiger partial charge in [-0.05, 0) is 38.1 Å². The van der Waals surface area contributed by atoms with E-state index in [0.29, 0.717) is 10.8 Å². The molecule has 4 nitrogen and oxygen atoms in total. The minimum Gasteiger partial charge on any atom is -0.490 e. The van der Waals surface area contributed by atoms with E-state index in [1.807, 2.05) is 13.8 Å². The summed E-state index contributed by atoms with van der Waals surface area (Å²) in [5.41, 5.74) is -2.02. The predicted molar refractivity (Wildman–Crippen MR) is 86.7 cm³/mol. The second-order valence-electron chi connectivity index (χ2n) is 5.78. The number of imidazole rings is 1. The minimum absolute atomic E-state index is 0.0595. The summed E-state index contributed by atoms with van der Waals surface area (Å²) in [5, 5.41) is 11.7. The van der Waals surface area contributed by atoms with Crippen molar-refractivity contribution in [3.05, 3.63) is 48.0 Å². The summed E-state index contributed by atoms with van der Waals surface area (Å²) in [4.78, 5) is 3.99. The fourth-order valence-electron chi connectivity index (χ4n) is 1.97. The van der Waals surface area contributed by atoms with Gasteiger partial charge in [0.1, 0.15) is 18.0 Å². The van der Waals surface area contributed by atoms with Gasteiger partial charge >= 0.3 is 0 Å². The van der Waals surface area contributed by atoms with Crippen molar-refractivity contribution in [2.45, 2.75) is 26.0 Å². The summed E-state index contributed by atoms with van der Waals surface area (Å²) in [6.07, 6.45) is 10.7. The molecule has 0 aliphatic rings. The molecule has 0 bridgehead atoms. The number of aromatic nitrogens is 2. The first kappa shape index (κ1) is 16.4. The highest BCUT2D eigenvalue weighted by Gasteiger charge is 2.43. The molecule has 1 aromatic heterocycles. The van der Waals surface area contributed by atoms with Gasteiger partial charge in [0.25, 0.3) is 0 Å². The monoisotopic (exact) mass is 318 g/mol. The Morgan fingerprint density at radius 1 is 1.36 bits per heavy atom. The molecule has 0 saturated heterocycles. The Morgan fingerprint density at radius 2 is 2.05 bits per heavy atom. The third kappa shape index (κ3) is 3.62. The molecule has 2 aromatic rings. The molecule has 0 aliphatic carbocycles. The van der Waals surface area contributed by atoms with Crippen molar-refractivity contribution in [2.24, 2.45) is 5.41 Å². The molecule has 0 fully saturated rings. The van der Waals surface area contributed by atoms with Crippen LogP contribution in [-0.4, -0.2) is 26.9 Å². The Kier molecular flexibility index (Phi) is 4.80. The molecule has 0 aliphatic heterocycles. The normalized spacial score (nSPS) is 14.1. The topological polar surface area (TPSA) is 47.3 Å². The van der Waals surface area contributed by atoms with Gasteiger partial charge in [0.05, 0.1) is 18.3 Å². The second kappa shape index (κ2) is 6.43. The van der Waals surface area contributed by atoms with Crippen LogP contribution in [0.5, 0.6) is 5.75 Å². The highest BCUT2D eigenvalue weighted by atomic mass is 35.5. The first-order valence-corrected chi connectivity index (χ1v) is 7.28. The first-order valence-electron chi connectivity index (χ1n) is 6.90. The second-order valence-corrected chi connectivity index (χ2v) is 6.21. The van der Waals surface area contributed by atoms with Gasteiger partial charge in [-0.15, -0.1) is 6.42 Å². The number of nitrogens with zero attached hydrogens (tertiary/aromatic N) is 2. The quantitative estimate of drug-likeness (QED) is 0.833. The summed E-state index contributed by atoms with van der Waals surface area (Å²) < 4.78 is 7.51. The maximum absolute atomic E-state index is 11.1. The van der Waals surface area contributed by atoms with E-state index in [0.717, 1.165) is 0 Å². The molecule has 2 rings (SSSR count). The molecule has 1 atom stereocenters. The predicted octanol–water partition coefficient (Wildman–Crippen LogP) is 3.01. The molecule has 0 amide bonds. The summed E-state index contributed by atoms with van der Waals surface area (Å²) in [6, 6.07) is 6.97. The summed E-state index contributed by atoms with van der Waals surface area (Å²) in [6.45, 7) is 3.98. The molecule has 0 radical (unpaired) electrons. The van der Waals surface area contributed by atoms with Crippen LogP contribution in [0.3, 0.4) is 0 Å². The SMILES string of the molecule is C#CC(C)(C)C(O)(COc1ccc(Cl)cc1)Cn1ccnc1. The van der Waals surface area contributed by atoms with Crippen molar-refractivity contribution >= 4 is 11.6 Å². The Balaban J connectivity index is 2.17. The zero-order chi connectivity index (χ0) is 16.2. The molecule has 1 N–H and O–H groups in total. The molecule has 22 heavy (non-hydrogen) atoms. The lowest BCUT2D eigenvalue weighted by Gasteiger charge is -2.39. The Morgan fingerprint density at radius 3 is 2.59 bits per heavy atom.